The van der Waals surface area contributed by atoms with Crippen molar-refractivity contribution in [2.75, 3.05) is 26.2 Å². The van der Waals surface area contributed by atoms with Gasteiger partial charge in [-0.15, -0.1) is 11.3 Å². The number of imidazole rings is 1. The van der Waals surface area contributed by atoms with E-state index in [1.54, 1.807) is 11.3 Å². The van der Waals surface area contributed by atoms with E-state index in [9.17, 15) is 4.79 Å². The van der Waals surface area contributed by atoms with Gasteiger partial charge in [0.05, 0.1) is 15.2 Å². The number of para-hydroxylation sites is 1. The average molecular weight is 382 g/mol. The van der Waals surface area contributed by atoms with Gasteiger partial charge in [0, 0.05) is 51.3 Å². The van der Waals surface area contributed by atoms with Crippen LogP contribution in [0.5, 0.6) is 0 Å². The zero-order valence-electron chi connectivity index (χ0n) is 15.2. The van der Waals surface area contributed by atoms with Gasteiger partial charge in [-0.2, -0.15) is 0 Å². The molecule has 4 heterocycles. The summed E-state index contributed by atoms with van der Waals surface area (Å²) >= 11 is 1.76. The number of hydrogen-bond donors (Lipinski definition) is 1. The van der Waals surface area contributed by atoms with Crippen molar-refractivity contribution in [3.63, 3.8) is 0 Å². The van der Waals surface area contributed by atoms with Gasteiger partial charge < -0.3 is 14.8 Å². The highest BCUT2D eigenvalue weighted by atomic mass is 32.1. The monoisotopic (exact) mass is 381 g/mol. The van der Waals surface area contributed by atoms with Crippen LogP contribution in [0.4, 0.5) is 0 Å². The van der Waals surface area contributed by atoms with Gasteiger partial charge in [0.15, 0.2) is 0 Å². The number of aromatic nitrogens is 3. The molecule has 0 radical (unpaired) electrons. The van der Waals surface area contributed by atoms with E-state index in [4.69, 9.17) is 4.98 Å². The molecule has 1 atom stereocenters. The fourth-order valence-electron chi connectivity index (χ4n) is 4.06. The fourth-order valence-corrected chi connectivity index (χ4v) is 5.16. The third kappa shape index (κ3) is 3.26. The first-order valence-corrected chi connectivity index (χ1v) is 10.5. The third-order valence-corrected chi connectivity index (χ3v) is 6.70. The minimum absolute atomic E-state index is 0.0642. The summed E-state index contributed by atoms with van der Waals surface area (Å²) < 4.78 is 3.35. The lowest BCUT2D eigenvalue weighted by molar-refractivity contribution is 0.0701. The van der Waals surface area contributed by atoms with Crippen LogP contribution >= 0.6 is 11.3 Å². The van der Waals surface area contributed by atoms with Gasteiger partial charge >= 0.3 is 0 Å². The maximum absolute atomic E-state index is 13.1. The van der Waals surface area contributed by atoms with E-state index < -0.39 is 0 Å². The van der Waals surface area contributed by atoms with Crippen molar-refractivity contribution in [3.8, 4) is 0 Å². The molecule has 6 nitrogen and oxygen atoms in total. The Hall–Kier alpha value is -2.25. The minimum Gasteiger partial charge on any atom is -0.337 e. The van der Waals surface area contributed by atoms with Gasteiger partial charge in [0.2, 0.25) is 0 Å². The molecule has 27 heavy (non-hydrogen) atoms. The molecule has 140 valence electrons. The summed E-state index contributed by atoms with van der Waals surface area (Å²) in [6, 6.07) is 8.27. The van der Waals surface area contributed by atoms with Crippen molar-refractivity contribution in [1.29, 1.82) is 0 Å². The Bertz CT molecular complexity index is 921. The Kier molecular flexibility index (Phi) is 4.41. The maximum atomic E-state index is 13.1. The smallest absolute Gasteiger partial charge is 0.274 e. The highest BCUT2D eigenvalue weighted by Gasteiger charge is 2.29. The van der Waals surface area contributed by atoms with E-state index in [0.717, 1.165) is 68.3 Å². The lowest BCUT2D eigenvalue weighted by Crippen LogP contribution is -2.39. The second-order valence-electron chi connectivity index (χ2n) is 7.35. The summed E-state index contributed by atoms with van der Waals surface area (Å²) in [5.41, 5.74) is 1.66. The minimum atomic E-state index is 0.0642. The van der Waals surface area contributed by atoms with E-state index in [-0.39, 0.29) is 5.91 Å². The number of thiazole rings is 1. The third-order valence-electron chi connectivity index (χ3n) is 5.50. The lowest BCUT2D eigenvalue weighted by atomic mass is 9.98. The summed E-state index contributed by atoms with van der Waals surface area (Å²) in [5, 5.41) is 4.52. The largest absolute Gasteiger partial charge is 0.337 e. The molecule has 1 aromatic carbocycles. The van der Waals surface area contributed by atoms with Gasteiger partial charge in [-0.3, -0.25) is 4.79 Å². The molecule has 0 spiro atoms. The summed E-state index contributed by atoms with van der Waals surface area (Å²) in [6.45, 7) is 4.28. The molecule has 1 saturated heterocycles. The molecule has 1 amide bonds. The number of rotatable bonds is 2. The van der Waals surface area contributed by atoms with Crippen LogP contribution in [0.15, 0.2) is 30.5 Å². The van der Waals surface area contributed by atoms with Gasteiger partial charge in [-0.1, -0.05) is 12.1 Å². The predicted molar refractivity (Wildman–Crippen MR) is 106 cm³/mol. The number of likely N-dealkylation sites (tertiary alicyclic amines) is 1. The van der Waals surface area contributed by atoms with E-state index in [2.05, 4.69) is 33.1 Å². The first kappa shape index (κ1) is 16.9. The highest BCUT2D eigenvalue weighted by molar-refractivity contribution is 7.18. The van der Waals surface area contributed by atoms with E-state index in [1.807, 2.05) is 17.2 Å². The molecule has 5 rings (SSSR count). The summed E-state index contributed by atoms with van der Waals surface area (Å²) in [4.78, 5) is 24.5. The number of benzene rings is 1. The second kappa shape index (κ2) is 7.05. The topological polar surface area (TPSA) is 63.1 Å². The molecule has 2 aromatic heterocycles. The molecule has 0 saturated carbocycles. The number of amides is 1. The van der Waals surface area contributed by atoms with Gasteiger partial charge in [-0.05, 0) is 25.0 Å². The second-order valence-corrected chi connectivity index (χ2v) is 8.41. The Morgan fingerprint density at radius 2 is 2.11 bits per heavy atom. The van der Waals surface area contributed by atoms with Crippen LogP contribution in [0.3, 0.4) is 0 Å². The van der Waals surface area contributed by atoms with Crippen molar-refractivity contribution < 1.29 is 4.79 Å². The van der Waals surface area contributed by atoms with Gasteiger partial charge in [0.1, 0.15) is 11.5 Å². The Morgan fingerprint density at radius 3 is 3.04 bits per heavy atom. The van der Waals surface area contributed by atoms with E-state index in [0.29, 0.717) is 11.6 Å². The van der Waals surface area contributed by atoms with Crippen LogP contribution < -0.4 is 5.32 Å². The standard InChI is InChI=1S/C20H23N5OS/c26-20(16-13-24-11-9-21-8-7-18(24)22-16)25-10-3-4-14(12-25)19-23-15-5-1-2-6-17(15)27-19/h1-2,5-6,13-14,21H,3-4,7-12H2. The molecular weight excluding hydrogens is 358 g/mol. The van der Waals surface area contributed by atoms with Crippen LogP contribution in [0.1, 0.15) is 40.1 Å². The average Bonchev–Trinajstić information content (AvgIpc) is 3.26. The molecule has 0 bridgehead atoms. The van der Waals surface area contributed by atoms with Crippen molar-refractivity contribution in [2.24, 2.45) is 0 Å². The molecular formula is C20H23N5OS. The first-order chi connectivity index (χ1) is 13.3. The molecule has 3 aromatic rings. The number of piperidine rings is 1. The molecule has 7 heteroatoms. The Balaban J connectivity index is 1.35. The van der Waals surface area contributed by atoms with Crippen LogP contribution in [0.2, 0.25) is 0 Å². The van der Waals surface area contributed by atoms with Crippen molar-refractivity contribution in [2.45, 2.75) is 31.7 Å². The van der Waals surface area contributed by atoms with Gasteiger partial charge in [0.25, 0.3) is 5.91 Å². The Morgan fingerprint density at radius 1 is 1.19 bits per heavy atom. The SMILES string of the molecule is O=C(c1cn2c(n1)CCNCC2)N1CCCC(c2nc3ccccc3s2)C1. The van der Waals surface area contributed by atoms with Crippen molar-refractivity contribution >= 4 is 27.5 Å². The Labute approximate surface area is 162 Å². The predicted octanol–water partition coefficient (Wildman–Crippen LogP) is 2.66. The quantitative estimate of drug-likeness (QED) is 0.741. The van der Waals surface area contributed by atoms with E-state index >= 15 is 0 Å². The zero-order chi connectivity index (χ0) is 18.2. The first-order valence-electron chi connectivity index (χ1n) is 9.69. The number of carbonyl (C=O) groups is 1. The molecule has 1 fully saturated rings. The molecule has 2 aliphatic heterocycles. The number of nitrogens with one attached hydrogen (secondary N) is 1. The summed E-state index contributed by atoms with van der Waals surface area (Å²) in [7, 11) is 0. The normalized spacial score (nSPS) is 20.4. The van der Waals surface area contributed by atoms with Crippen LogP contribution in [-0.2, 0) is 13.0 Å². The van der Waals surface area contributed by atoms with E-state index in [1.165, 1.54) is 4.70 Å². The van der Waals surface area contributed by atoms with Gasteiger partial charge in [-0.25, -0.2) is 9.97 Å². The molecule has 1 unspecified atom stereocenters. The number of nitrogens with zero attached hydrogens (tertiary/aromatic N) is 4. The molecule has 0 aliphatic carbocycles. The van der Waals surface area contributed by atoms with Crippen LogP contribution in [0, 0.1) is 0 Å². The maximum Gasteiger partial charge on any atom is 0.274 e. The highest BCUT2D eigenvalue weighted by Crippen LogP contribution is 2.33. The summed E-state index contributed by atoms with van der Waals surface area (Å²) in [6.07, 6.45) is 4.92. The van der Waals surface area contributed by atoms with Crippen LogP contribution in [0.25, 0.3) is 10.2 Å². The lowest BCUT2D eigenvalue weighted by Gasteiger charge is -2.31. The number of hydrogen-bond acceptors (Lipinski definition) is 5. The summed E-state index contributed by atoms with van der Waals surface area (Å²) in [5.74, 6) is 1.40. The zero-order valence-corrected chi connectivity index (χ0v) is 16.0. The molecule has 1 N–H and O–H groups in total. The van der Waals surface area contributed by atoms with Crippen molar-refractivity contribution in [1.82, 2.24) is 24.8 Å². The number of carbonyl (C=O) groups excluding carboxylic acids is 1. The van der Waals surface area contributed by atoms with Crippen molar-refractivity contribution in [3.05, 3.63) is 47.0 Å². The fraction of sp³-hybridized carbons (Fsp3) is 0.450. The molecule has 2 aliphatic rings. The number of fused-ring (bicyclic) bond motifs is 2. The van der Waals surface area contributed by atoms with Crippen LogP contribution in [-0.4, -0.2) is 51.5 Å².